The van der Waals surface area contributed by atoms with Crippen molar-refractivity contribution < 1.29 is 28.5 Å². The van der Waals surface area contributed by atoms with E-state index < -0.39 is 11.5 Å². The Morgan fingerprint density at radius 1 is 1.10 bits per heavy atom. The van der Waals surface area contributed by atoms with Gasteiger partial charge in [0.2, 0.25) is 5.91 Å². The van der Waals surface area contributed by atoms with Gasteiger partial charge in [0.15, 0.2) is 16.6 Å². The van der Waals surface area contributed by atoms with Crippen LogP contribution in [0.3, 0.4) is 0 Å². The summed E-state index contributed by atoms with van der Waals surface area (Å²) in [7, 11) is 2.95. The second-order valence-corrected chi connectivity index (χ2v) is 10.8. The molecule has 9 nitrogen and oxygen atoms in total. The molecule has 0 aliphatic carbocycles. The zero-order valence-electron chi connectivity index (χ0n) is 22.4. The van der Waals surface area contributed by atoms with E-state index in [9.17, 15) is 9.59 Å². The lowest BCUT2D eigenvalue weighted by molar-refractivity contribution is -0.117. The number of thiazole rings is 1. The van der Waals surface area contributed by atoms with Crippen LogP contribution in [0.2, 0.25) is 0 Å². The van der Waals surface area contributed by atoms with Crippen LogP contribution in [0.4, 0.5) is 5.13 Å². The number of nitrogens with zero attached hydrogens (tertiary/aromatic N) is 1. The Balaban J connectivity index is 1.54. The number of rotatable bonds is 2. The SMILES string of the molecule is COC(=O)c1ccc2cc1OCCCCCc1csc(n1)NC(=O)C[C@@]1(C)NCCc3cc(OC)c(cc31)O2. The number of aromatic nitrogens is 1. The second-order valence-electron chi connectivity index (χ2n) is 9.95. The van der Waals surface area contributed by atoms with Crippen LogP contribution < -0.4 is 24.8 Å². The summed E-state index contributed by atoms with van der Waals surface area (Å²) in [4.78, 5) is 30.1. The van der Waals surface area contributed by atoms with Gasteiger partial charge in [-0.25, -0.2) is 9.78 Å². The van der Waals surface area contributed by atoms with Gasteiger partial charge in [-0.15, -0.1) is 11.3 Å². The fourth-order valence-corrected chi connectivity index (χ4v) is 5.87. The first kappa shape index (κ1) is 27.0. The van der Waals surface area contributed by atoms with Crippen LogP contribution in [-0.2, 0) is 27.9 Å². The van der Waals surface area contributed by atoms with E-state index in [1.807, 2.05) is 24.4 Å². The molecule has 2 aliphatic heterocycles. The number of nitrogens with one attached hydrogen (secondary N) is 2. The van der Waals surface area contributed by atoms with E-state index in [-0.39, 0.29) is 12.3 Å². The van der Waals surface area contributed by atoms with Gasteiger partial charge >= 0.3 is 5.97 Å². The van der Waals surface area contributed by atoms with E-state index in [4.69, 9.17) is 18.9 Å². The highest BCUT2D eigenvalue weighted by molar-refractivity contribution is 7.13. The lowest BCUT2D eigenvalue weighted by Gasteiger charge is -2.37. The maximum absolute atomic E-state index is 13.1. The normalized spacial score (nSPS) is 19.6. The van der Waals surface area contributed by atoms with E-state index in [0.29, 0.717) is 40.3 Å². The number of amides is 1. The van der Waals surface area contributed by atoms with Crippen molar-refractivity contribution in [2.45, 2.75) is 51.0 Å². The number of carbonyl (C=O) groups is 2. The van der Waals surface area contributed by atoms with Crippen molar-refractivity contribution in [2.24, 2.45) is 0 Å². The van der Waals surface area contributed by atoms with E-state index in [0.717, 1.165) is 55.5 Å². The first-order valence-corrected chi connectivity index (χ1v) is 14.0. The third kappa shape index (κ3) is 6.02. The summed E-state index contributed by atoms with van der Waals surface area (Å²) >= 11 is 1.44. The summed E-state index contributed by atoms with van der Waals surface area (Å²) in [6.07, 6.45) is 4.52. The summed E-state index contributed by atoms with van der Waals surface area (Å²) in [6, 6.07) is 8.95. The molecule has 3 aromatic rings. The highest BCUT2D eigenvalue weighted by atomic mass is 32.1. The molecule has 1 aromatic heterocycles. The standard InChI is InChI=1S/C29H33N3O6S/c1-29-16-26(33)32-28-31-19(17-39-28)7-5-4-6-12-37-23-14-20(8-9-21(23)27(34)36-3)38-25-15-22(29)18(10-11-30-29)13-24(25)35-2/h8-9,13-15,17,30H,4-7,10-12,16H2,1-3H3,(H,31,32,33)/t29-/m1/s1. The van der Waals surface area contributed by atoms with Crippen LogP contribution in [0.5, 0.6) is 23.0 Å². The summed E-state index contributed by atoms with van der Waals surface area (Å²) < 4.78 is 23.0. The number of aryl methyl sites for hydroxylation is 1. The molecule has 0 saturated carbocycles. The summed E-state index contributed by atoms with van der Waals surface area (Å²) in [5.41, 5.74) is 2.75. The molecule has 2 aromatic carbocycles. The van der Waals surface area contributed by atoms with Crippen molar-refractivity contribution in [2.75, 3.05) is 32.7 Å². The molecule has 6 bridgehead atoms. The van der Waals surface area contributed by atoms with Crippen molar-refractivity contribution in [3.8, 4) is 23.0 Å². The fourth-order valence-electron chi connectivity index (χ4n) is 5.11. The molecule has 2 aliphatic rings. The molecular weight excluding hydrogens is 518 g/mol. The maximum Gasteiger partial charge on any atom is 0.341 e. The molecule has 0 fully saturated rings. The largest absolute Gasteiger partial charge is 0.493 e. The fraction of sp³-hybridized carbons (Fsp3) is 0.414. The monoisotopic (exact) mass is 551 g/mol. The minimum atomic E-state index is -0.619. The maximum atomic E-state index is 13.1. The molecule has 2 N–H and O–H groups in total. The van der Waals surface area contributed by atoms with Crippen molar-refractivity contribution in [1.82, 2.24) is 10.3 Å². The number of anilines is 1. The number of esters is 1. The average molecular weight is 552 g/mol. The van der Waals surface area contributed by atoms with Crippen LogP contribution in [0.1, 0.15) is 59.8 Å². The average Bonchev–Trinajstić information content (AvgIpc) is 3.36. The van der Waals surface area contributed by atoms with Gasteiger partial charge in [-0.1, -0.05) is 0 Å². The van der Waals surface area contributed by atoms with Gasteiger partial charge in [0.1, 0.15) is 17.1 Å². The molecule has 0 radical (unpaired) electrons. The van der Waals surface area contributed by atoms with Gasteiger partial charge < -0.3 is 29.6 Å². The van der Waals surface area contributed by atoms with Gasteiger partial charge in [-0.05, 0) is 74.4 Å². The van der Waals surface area contributed by atoms with Crippen LogP contribution >= 0.6 is 11.3 Å². The zero-order chi connectivity index (χ0) is 27.4. The third-order valence-corrected chi connectivity index (χ3v) is 7.93. The first-order valence-electron chi connectivity index (χ1n) is 13.1. The Morgan fingerprint density at radius 2 is 1.97 bits per heavy atom. The number of hydrogen-bond acceptors (Lipinski definition) is 9. The number of methoxy groups -OCH3 is 2. The molecule has 206 valence electrons. The minimum Gasteiger partial charge on any atom is -0.493 e. The van der Waals surface area contributed by atoms with E-state index in [1.165, 1.54) is 18.4 Å². The molecule has 10 heteroatoms. The third-order valence-electron chi connectivity index (χ3n) is 7.13. The topological polar surface area (TPSA) is 108 Å². The van der Waals surface area contributed by atoms with Crippen molar-refractivity contribution in [3.63, 3.8) is 0 Å². The number of carbonyl (C=O) groups excluding carboxylic acids is 2. The van der Waals surface area contributed by atoms with Gasteiger partial charge in [-0.3, -0.25) is 4.79 Å². The summed E-state index contributed by atoms with van der Waals surface area (Å²) in [5, 5.41) is 9.13. The number of fused-ring (bicyclic) bond motifs is 5. The van der Waals surface area contributed by atoms with Crippen LogP contribution in [0, 0.1) is 0 Å². The summed E-state index contributed by atoms with van der Waals surface area (Å²) in [6.45, 7) is 3.20. The first-order chi connectivity index (χ1) is 18.9. The predicted molar refractivity (Wildman–Crippen MR) is 148 cm³/mol. The van der Waals surface area contributed by atoms with E-state index in [2.05, 4.69) is 15.6 Å². The van der Waals surface area contributed by atoms with E-state index in [1.54, 1.807) is 25.3 Å². The Morgan fingerprint density at radius 3 is 2.79 bits per heavy atom. The Hall–Kier alpha value is -3.63. The number of hydrogen-bond donors (Lipinski definition) is 2. The summed E-state index contributed by atoms with van der Waals surface area (Å²) in [5.74, 6) is 1.40. The second kappa shape index (κ2) is 11.6. The zero-order valence-corrected chi connectivity index (χ0v) is 23.2. The molecule has 3 heterocycles. The van der Waals surface area contributed by atoms with Gasteiger partial charge in [0.25, 0.3) is 0 Å². The highest BCUT2D eigenvalue weighted by Gasteiger charge is 2.35. The Bertz CT molecular complexity index is 1370. The highest BCUT2D eigenvalue weighted by Crippen LogP contribution is 2.41. The van der Waals surface area contributed by atoms with Crippen LogP contribution in [-0.4, -0.2) is 44.2 Å². The Labute approximate surface area is 231 Å². The van der Waals surface area contributed by atoms with Gasteiger partial charge in [-0.2, -0.15) is 0 Å². The van der Waals surface area contributed by atoms with Crippen molar-refractivity contribution >= 4 is 28.3 Å². The minimum absolute atomic E-state index is 0.105. The predicted octanol–water partition coefficient (Wildman–Crippen LogP) is 5.23. The molecular formula is C29H33N3O6S. The molecule has 39 heavy (non-hydrogen) atoms. The molecule has 0 unspecified atom stereocenters. The van der Waals surface area contributed by atoms with Crippen molar-refractivity contribution in [1.29, 1.82) is 0 Å². The molecule has 0 saturated heterocycles. The number of ether oxygens (including phenoxy) is 4. The molecule has 5 rings (SSSR count). The van der Waals surface area contributed by atoms with Gasteiger partial charge in [0, 0.05) is 30.0 Å². The molecule has 0 spiro atoms. The quantitative estimate of drug-likeness (QED) is 0.417. The molecule has 1 amide bonds. The smallest absolute Gasteiger partial charge is 0.341 e. The van der Waals surface area contributed by atoms with Crippen LogP contribution in [0.25, 0.3) is 0 Å². The van der Waals surface area contributed by atoms with E-state index >= 15 is 0 Å². The van der Waals surface area contributed by atoms with Crippen molar-refractivity contribution in [3.05, 3.63) is 58.1 Å². The Kier molecular flexibility index (Phi) is 8.04. The lowest BCUT2D eigenvalue weighted by atomic mass is 9.81. The van der Waals surface area contributed by atoms with Crippen LogP contribution in [0.15, 0.2) is 35.7 Å². The van der Waals surface area contributed by atoms with Gasteiger partial charge in [0.05, 0.1) is 26.5 Å². The lowest BCUT2D eigenvalue weighted by Crippen LogP contribution is -2.47. The number of benzene rings is 2. The molecule has 1 atom stereocenters.